The van der Waals surface area contributed by atoms with Crippen LogP contribution in [-0.2, 0) is 6.54 Å². The zero-order chi connectivity index (χ0) is 16.0. The molecule has 2 aromatic rings. The van der Waals surface area contributed by atoms with E-state index in [1.165, 1.54) is 24.0 Å². The third-order valence-corrected chi connectivity index (χ3v) is 5.17. The van der Waals surface area contributed by atoms with Crippen molar-refractivity contribution in [2.45, 2.75) is 69.9 Å². The maximum absolute atomic E-state index is 10.2. The van der Waals surface area contributed by atoms with Crippen molar-refractivity contribution in [2.24, 2.45) is 0 Å². The normalized spacial score (nSPS) is 20.2. The lowest BCUT2D eigenvalue weighted by atomic mass is 9.80. The molecule has 4 rings (SSSR count). The molecule has 0 atom stereocenters. The number of aliphatic hydroxyl groups is 1. The monoisotopic (exact) mass is 314 g/mol. The number of rotatable bonds is 6. The molecule has 0 saturated heterocycles. The maximum atomic E-state index is 10.2. The number of fused-ring (bicyclic) bond motifs is 1. The van der Waals surface area contributed by atoms with Gasteiger partial charge in [0.05, 0.1) is 5.60 Å². The summed E-state index contributed by atoms with van der Waals surface area (Å²) >= 11 is 0. The lowest BCUT2D eigenvalue weighted by molar-refractivity contribution is -0.0314. The van der Waals surface area contributed by atoms with E-state index in [4.69, 9.17) is 4.42 Å². The first-order valence-electron chi connectivity index (χ1n) is 8.90. The Kier molecular flexibility index (Phi) is 3.69. The predicted molar refractivity (Wildman–Crippen MR) is 90.6 cm³/mol. The number of nitrogens with one attached hydrogen (secondary N) is 1. The van der Waals surface area contributed by atoms with E-state index in [0.29, 0.717) is 18.4 Å². The highest BCUT2D eigenvalue weighted by Crippen LogP contribution is 2.44. The summed E-state index contributed by atoms with van der Waals surface area (Å²) < 4.78 is 6.03. The van der Waals surface area contributed by atoms with Crippen LogP contribution < -0.4 is 5.32 Å². The van der Waals surface area contributed by atoms with Crippen molar-refractivity contribution in [3.8, 4) is 0 Å². The summed E-state index contributed by atoms with van der Waals surface area (Å²) in [5.41, 5.74) is 4.06. The summed E-state index contributed by atoms with van der Waals surface area (Å²) in [5.74, 6) is 1.78. The van der Waals surface area contributed by atoms with Gasteiger partial charge in [-0.05, 0) is 49.7 Å². The van der Waals surface area contributed by atoms with E-state index in [1.54, 1.807) is 0 Å². The lowest BCUT2D eigenvalue weighted by Gasteiger charge is -2.36. The van der Waals surface area contributed by atoms with Gasteiger partial charge in [0.2, 0.25) is 0 Å². The first-order chi connectivity index (χ1) is 11.0. The van der Waals surface area contributed by atoms with Gasteiger partial charge in [-0.2, -0.15) is 0 Å². The van der Waals surface area contributed by atoms with Crippen molar-refractivity contribution in [1.29, 1.82) is 0 Å². The van der Waals surface area contributed by atoms with Crippen LogP contribution in [0.4, 0.5) is 0 Å². The first kappa shape index (κ1) is 15.2. The van der Waals surface area contributed by atoms with Crippen molar-refractivity contribution in [3.63, 3.8) is 0 Å². The molecule has 0 radical (unpaired) electrons. The highest BCUT2D eigenvalue weighted by molar-refractivity contribution is 5.78. The quantitative estimate of drug-likeness (QED) is 0.850. The van der Waals surface area contributed by atoms with Crippen LogP contribution in [0.1, 0.15) is 74.8 Å². The van der Waals surface area contributed by atoms with Crippen molar-refractivity contribution in [2.75, 3.05) is 6.54 Å². The summed E-state index contributed by atoms with van der Waals surface area (Å²) in [5, 5.41) is 13.6. The smallest absolute Gasteiger partial charge is 0.198 e. The molecule has 2 aliphatic carbocycles. The molecule has 1 aromatic carbocycles. The highest BCUT2D eigenvalue weighted by Gasteiger charge is 2.33. The average molecular weight is 314 g/mol. The number of nitrogens with zero attached hydrogens (tertiary/aromatic N) is 1. The van der Waals surface area contributed by atoms with Crippen LogP contribution in [0.2, 0.25) is 0 Å². The standard InChI is InChI=1S/C19H26N2O2/c1-12(2)18-21-16-9-13(10-20-11-19(22)6-3-7-19)8-15(14-4-5-14)17(16)23-18/h8-9,12,14,20,22H,3-7,10-11H2,1-2H3. The molecular weight excluding hydrogens is 288 g/mol. The molecule has 4 nitrogen and oxygen atoms in total. The minimum atomic E-state index is -0.470. The Morgan fingerprint density at radius 2 is 2.13 bits per heavy atom. The summed E-state index contributed by atoms with van der Waals surface area (Å²) in [6.45, 7) is 5.69. The second kappa shape index (κ2) is 5.60. The zero-order valence-corrected chi connectivity index (χ0v) is 14.1. The van der Waals surface area contributed by atoms with E-state index < -0.39 is 5.60 Å². The van der Waals surface area contributed by atoms with Crippen molar-refractivity contribution in [1.82, 2.24) is 10.3 Å². The SMILES string of the molecule is CC(C)c1nc2cc(CNCC3(O)CCC3)cc(C3CC3)c2o1. The Hall–Kier alpha value is -1.39. The fraction of sp³-hybridized carbons (Fsp3) is 0.632. The number of aromatic nitrogens is 1. The number of hydrogen-bond acceptors (Lipinski definition) is 4. The van der Waals surface area contributed by atoms with Crippen molar-refractivity contribution >= 4 is 11.1 Å². The molecule has 2 aliphatic rings. The van der Waals surface area contributed by atoms with Gasteiger partial charge in [-0.25, -0.2) is 4.98 Å². The maximum Gasteiger partial charge on any atom is 0.198 e. The molecule has 1 heterocycles. The molecule has 1 aromatic heterocycles. The molecular formula is C19H26N2O2. The van der Waals surface area contributed by atoms with E-state index >= 15 is 0 Å². The van der Waals surface area contributed by atoms with Gasteiger partial charge >= 0.3 is 0 Å². The van der Waals surface area contributed by atoms with Crippen LogP contribution in [0, 0.1) is 0 Å². The third-order valence-electron chi connectivity index (χ3n) is 5.17. The Bertz CT molecular complexity index is 711. The molecule has 124 valence electrons. The van der Waals surface area contributed by atoms with E-state index in [1.807, 2.05) is 0 Å². The van der Waals surface area contributed by atoms with Gasteiger partial charge in [0.15, 0.2) is 11.5 Å². The molecule has 2 fully saturated rings. The van der Waals surface area contributed by atoms with Crippen LogP contribution in [-0.4, -0.2) is 22.2 Å². The average Bonchev–Trinajstić information content (AvgIpc) is 3.23. The molecule has 0 unspecified atom stereocenters. The van der Waals surface area contributed by atoms with E-state index in [-0.39, 0.29) is 0 Å². The zero-order valence-electron chi connectivity index (χ0n) is 14.1. The number of benzene rings is 1. The number of hydrogen-bond donors (Lipinski definition) is 2. The topological polar surface area (TPSA) is 58.3 Å². The largest absolute Gasteiger partial charge is 0.440 e. The summed E-state index contributed by atoms with van der Waals surface area (Å²) in [6.07, 6.45) is 5.50. The Balaban J connectivity index is 1.56. The van der Waals surface area contributed by atoms with Crippen molar-refractivity contribution in [3.05, 3.63) is 29.2 Å². The second-order valence-corrected chi connectivity index (χ2v) is 7.70. The van der Waals surface area contributed by atoms with Crippen molar-refractivity contribution < 1.29 is 9.52 Å². The molecule has 23 heavy (non-hydrogen) atoms. The lowest BCUT2D eigenvalue weighted by Crippen LogP contribution is -2.45. The van der Waals surface area contributed by atoms with Gasteiger partial charge in [0.1, 0.15) is 5.52 Å². The molecule has 0 aliphatic heterocycles. The van der Waals surface area contributed by atoms with Gasteiger partial charge in [-0.3, -0.25) is 0 Å². The van der Waals surface area contributed by atoms with Crippen LogP contribution in [0.15, 0.2) is 16.5 Å². The fourth-order valence-electron chi connectivity index (χ4n) is 3.38. The molecule has 2 N–H and O–H groups in total. The molecule has 0 spiro atoms. The van der Waals surface area contributed by atoms with Gasteiger partial charge in [0.25, 0.3) is 0 Å². The van der Waals surface area contributed by atoms with Gasteiger partial charge in [-0.1, -0.05) is 19.9 Å². The Morgan fingerprint density at radius 1 is 1.35 bits per heavy atom. The summed E-state index contributed by atoms with van der Waals surface area (Å²) in [4.78, 5) is 4.68. The van der Waals surface area contributed by atoms with Gasteiger partial charge < -0.3 is 14.8 Å². The van der Waals surface area contributed by atoms with Gasteiger partial charge in [0, 0.05) is 24.6 Å². The van der Waals surface area contributed by atoms with Crippen LogP contribution >= 0.6 is 0 Å². The van der Waals surface area contributed by atoms with Crippen LogP contribution in [0.3, 0.4) is 0 Å². The Labute approximate surface area is 137 Å². The third kappa shape index (κ3) is 3.02. The Morgan fingerprint density at radius 3 is 2.74 bits per heavy atom. The summed E-state index contributed by atoms with van der Waals surface area (Å²) in [6, 6.07) is 4.40. The second-order valence-electron chi connectivity index (χ2n) is 7.70. The summed E-state index contributed by atoms with van der Waals surface area (Å²) in [7, 11) is 0. The van der Waals surface area contributed by atoms with Gasteiger partial charge in [-0.15, -0.1) is 0 Å². The van der Waals surface area contributed by atoms with Crippen LogP contribution in [0.5, 0.6) is 0 Å². The fourth-order valence-corrected chi connectivity index (χ4v) is 3.38. The molecule has 2 saturated carbocycles. The van der Waals surface area contributed by atoms with E-state index in [9.17, 15) is 5.11 Å². The predicted octanol–water partition coefficient (Wildman–Crippen LogP) is 3.83. The number of oxazole rings is 1. The molecule has 0 amide bonds. The molecule has 4 heteroatoms. The first-order valence-corrected chi connectivity index (χ1v) is 8.90. The van der Waals surface area contributed by atoms with Crippen LogP contribution in [0.25, 0.3) is 11.1 Å². The molecule has 0 bridgehead atoms. The highest BCUT2D eigenvalue weighted by atomic mass is 16.3. The minimum Gasteiger partial charge on any atom is -0.440 e. The van der Waals surface area contributed by atoms with E-state index in [2.05, 4.69) is 36.3 Å². The minimum absolute atomic E-state index is 0.309. The van der Waals surface area contributed by atoms with E-state index in [0.717, 1.165) is 42.8 Å².